The maximum Gasteiger partial charge on any atom is 0.252 e. The first-order valence-electron chi connectivity index (χ1n) is 9.27. The molecule has 2 N–H and O–H groups in total. The van der Waals surface area contributed by atoms with Crippen LogP contribution in [0.4, 0.5) is 5.69 Å². The molecule has 0 fully saturated rings. The van der Waals surface area contributed by atoms with Gasteiger partial charge >= 0.3 is 0 Å². The third-order valence-corrected chi connectivity index (χ3v) is 5.38. The quantitative estimate of drug-likeness (QED) is 0.428. The van der Waals surface area contributed by atoms with Crippen molar-refractivity contribution in [3.8, 4) is 22.8 Å². The summed E-state index contributed by atoms with van der Waals surface area (Å²) in [4.78, 5) is 27.2. The molecule has 0 spiro atoms. The van der Waals surface area contributed by atoms with Crippen LogP contribution in [0.2, 0.25) is 0 Å². The number of carbonyl (C=O) groups is 1. The number of aromatic nitrogens is 4. The standard InChI is InChI=1S/C21H19N5O4S/c1-29-16-9-8-14(10-17(16)30-2)22-19(28)12-31-21-25-24-20-23-18(27)11-15(26(20)21)13-6-4-3-5-7-13/h3-11H,12H2,1-2H3,(H,22,28)(H,23,24,27). The summed E-state index contributed by atoms with van der Waals surface area (Å²) in [7, 11) is 3.08. The van der Waals surface area contributed by atoms with E-state index in [0.29, 0.717) is 33.8 Å². The van der Waals surface area contributed by atoms with Gasteiger partial charge in [0.1, 0.15) is 0 Å². The number of aromatic amines is 1. The Bertz CT molecular complexity index is 1290. The average molecular weight is 437 g/mol. The Labute approximate surface area is 181 Å². The van der Waals surface area contributed by atoms with Crippen LogP contribution in [0.15, 0.2) is 64.5 Å². The van der Waals surface area contributed by atoms with Crippen molar-refractivity contribution in [2.45, 2.75) is 5.16 Å². The molecule has 10 heteroatoms. The van der Waals surface area contributed by atoms with Gasteiger partial charge in [-0.3, -0.25) is 19.0 Å². The fourth-order valence-corrected chi connectivity index (χ4v) is 3.80. The highest BCUT2D eigenvalue weighted by molar-refractivity contribution is 7.99. The molecule has 0 radical (unpaired) electrons. The zero-order valence-electron chi connectivity index (χ0n) is 16.8. The molecule has 31 heavy (non-hydrogen) atoms. The summed E-state index contributed by atoms with van der Waals surface area (Å²) in [5, 5.41) is 11.5. The Morgan fingerprint density at radius 1 is 1.06 bits per heavy atom. The fourth-order valence-electron chi connectivity index (χ4n) is 3.06. The molecule has 9 nitrogen and oxygen atoms in total. The van der Waals surface area contributed by atoms with Crippen molar-refractivity contribution in [3.05, 3.63) is 65.0 Å². The van der Waals surface area contributed by atoms with Gasteiger partial charge in [-0.15, -0.1) is 10.2 Å². The van der Waals surface area contributed by atoms with Crippen molar-refractivity contribution in [3.63, 3.8) is 0 Å². The molecule has 0 aliphatic heterocycles. The van der Waals surface area contributed by atoms with E-state index in [0.717, 1.165) is 5.56 Å². The Hall–Kier alpha value is -3.79. The lowest BCUT2D eigenvalue weighted by Crippen LogP contribution is -2.15. The smallest absolute Gasteiger partial charge is 0.252 e. The lowest BCUT2D eigenvalue weighted by atomic mass is 10.1. The summed E-state index contributed by atoms with van der Waals surface area (Å²) < 4.78 is 12.2. The van der Waals surface area contributed by atoms with Crippen LogP contribution in [0.25, 0.3) is 17.0 Å². The van der Waals surface area contributed by atoms with Crippen molar-refractivity contribution in [2.75, 3.05) is 25.3 Å². The first kappa shape index (κ1) is 20.5. The highest BCUT2D eigenvalue weighted by atomic mass is 32.2. The second-order valence-electron chi connectivity index (χ2n) is 6.43. The number of rotatable bonds is 7. The minimum absolute atomic E-state index is 0.0997. The van der Waals surface area contributed by atoms with Crippen LogP contribution in [-0.4, -0.2) is 45.5 Å². The predicted octanol–water partition coefficient (Wildman–Crippen LogP) is 2.83. The molecule has 0 bridgehead atoms. The molecule has 0 saturated heterocycles. The molecule has 2 aromatic carbocycles. The van der Waals surface area contributed by atoms with Gasteiger partial charge in [-0.2, -0.15) is 0 Å². The number of nitrogens with one attached hydrogen (secondary N) is 2. The van der Waals surface area contributed by atoms with E-state index >= 15 is 0 Å². The highest BCUT2D eigenvalue weighted by Crippen LogP contribution is 2.30. The molecule has 4 rings (SSSR count). The number of benzene rings is 2. The number of methoxy groups -OCH3 is 2. The Balaban J connectivity index is 1.54. The van der Waals surface area contributed by atoms with Gasteiger partial charge in [-0.05, 0) is 17.7 Å². The Kier molecular flexibility index (Phi) is 5.89. The number of nitrogens with zero attached hydrogens (tertiary/aromatic N) is 3. The molecule has 0 unspecified atom stereocenters. The van der Waals surface area contributed by atoms with Crippen LogP contribution in [0.3, 0.4) is 0 Å². The maximum atomic E-state index is 12.5. The number of fused-ring (bicyclic) bond motifs is 1. The average Bonchev–Trinajstić information content (AvgIpc) is 3.20. The number of thioether (sulfide) groups is 1. The SMILES string of the molecule is COc1ccc(NC(=O)CSc2nnc3[nH]c(=O)cc(-c4ccccc4)n23)cc1OC. The summed E-state index contributed by atoms with van der Waals surface area (Å²) >= 11 is 1.22. The van der Waals surface area contributed by atoms with Crippen molar-refractivity contribution in [1.82, 2.24) is 19.6 Å². The third-order valence-electron chi connectivity index (χ3n) is 4.45. The molecule has 0 atom stereocenters. The van der Waals surface area contributed by atoms with Gasteiger partial charge in [0, 0.05) is 17.8 Å². The molecule has 2 heterocycles. The molecule has 4 aromatic rings. The Morgan fingerprint density at radius 3 is 2.58 bits per heavy atom. The van der Waals surface area contributed by atoms with Gasteiger partial charge < -0.3 is 14.8 Å². The third kappa shape index (κ3) is 4.38. The van der Waals surface area contributed by atoms with Crippen LogP contribution in [-0.2, 0) is 4.79 Å². The summed E-state index contributed by atoms with van der Waals surface area (Å²) in [6, 6.07) is 16.1. The molecule has 0 aliphatic rings. The van der Waals surface area contributed by atoms with Crippen molar-refractivity contribution in [2.24, 2.45) is 0 Å². The first-order valence-corrected chi connectivity index (χ1v) is 10.3. The van der Waals surface area contributed by atoms with E-state index < -0.39 is 0 Å². The second kappa shape index (κ2) is 8.92. The van der Waals surface area contributed by atoms with Crippen LogP contribution in [0, 0.1) is 0 Å². The van der Waals surface area contributed by atoms with E-state index in [1.807, 2.05) is 30.3 Å². The number of ether oxygens (including phenoxy) is 2. The van der Waals surface area contributed by atoms with Gasteiger partial charge in [0.05, 0.1) is 25.7 Å². The summed E-state index contributed by atoms with van der Waals surface area (Å²) in [5.74, 6) is 1.29. The van der Waals surface area contributed by atoms with Crippen LogP contribution < -0.4 is 20.3 Å². The normalized spacial score (nSPS) is 10.8. The minimum atomic E-state index is -0.276. The molecule has 0 saturated carbocycles. The lowest BCUT2D eigenvalue weighted by molar-refractivity contribution is -0.113. The maximum absolute atomic E-state index is 12.5. The van der Waals surface area contributed by atoms with E-state index in [2.05, 4.69) is 20.5 Å². The van der Waals surface area contributed by atoms with E-state index in [1.54, 1.807) is 29.7 Å². The molecule has 2 aromatic heterocycles. The van der Waals surface area contributed by atoms with Crippen LogP contribution in [0.5, 0.6) is 11.5 Å². The van der Waals surface area contributed by atoms with E-state index in [9.17, 15) is 9.59 Å². The van der Waals surface area contributed by atoms with Crippen molar-refractivity contribution < 1.29 is 14.3 Å². The number of H-pyrrole nitrogens is 1. The summed E-state index contributed by atoms with van der Waals surface area (Å²) in [6.45, 7) is 0. The lowest BCUT2D eigenvalue weighted by Gasteiger charge is -2.10. The van der Waals surface area contributed by atoms with Gasteiger partial charge in [-0.25, -0.2) is 0 Å². The number of amides is 1. The topological polar surface area (TPSA) is 111 Å². The van der Waals surface area contributed by atoms with E-state index in [1.165, 1.54) is 24.9 Å². The number of anilines is 1. The molecular weight excluding hydrogens is 418 g/mol. The second-order valence-corrected chi connectivity index (χ2v) is 7.38. The van der Waals surface area contributed by atoms with Gasteiger partial charge in [0.15, 0.2) is 16.7 Å². The van der Waals surface area contributed by atoms with Gasteiger partial charge in [0.25, 0.3) is 5.56 Å². The van der Waals surface area contributed by atoms with Crippen molar-refractivity contribution >= 4 is 29.1 Å². The Morgan fingerprint density at radius 2 is 1.84 bits per heavy atom. The first-order chi connectivity index (χ1) is 15.1. The zero-order valence-corrected chi connectivity index (χ0v) is 17.6. The predicted molar refractivity (Wildman–Crippen MR) is 118 cm³/mol. The highest BCUT2D eigenvalue weighted by Gasteiger charge is 2.15. The number of hydrogen-bond acceptors (Lipinski definition) is 7. The molecule has 0 aliphatic carbocycles. The van der Waals surface area contributed by atoms with Crippen molar-refractivity contribution in [1.29, 1.82) is 0 Å². The molecule has 1 amide bonds. The van der Waals surface area contributed by atoms with Crippen LogP contribution in [0.1, 0.15) is 0 Å². The van der Waals surface area contributed by atoms with E-state index in [4.69, 9.17) is 9.47 Å². The van der Waals surface area contributed by atoms with Gasteiger partial charge in [0.2, 0.25) is 11.7 Å². The number of carbonyl (C=O) groups excluding carboxylic acids is 1. The summed E-state index contributed by atoms with van der Waals surface area (Å²) in [5.41, 5.74) is 1.80. The molecule has 158 valence electrons. The summed E-state index contributed by atoms with van der Waals surface area (Å²) in [6.07, 6.45) is 0. The monoisotopic (exact) mass is 437 g/mol. The van der Waals surface area contributed by atoms with Crippen LogP contribution >= 0.6 is 11.8 Å². The van der Waals surface area contributed by atoms with Gasteiger partial charge in [-0.1, -0.05) is 42.1 Å². The zero-order chi connectivity index (χ0) is 21.8. The largest absolute Gasteiger partial charge is 0.493 e. The van der Waals surface area contributed by atoms with E-state index in [-0.39, 0.29) is 17.2 Å². The fraction of sp³-hybridized carbons (Fsp3) is 0.143. The number of hydrogen-bond donors (Lipinski definition) is 2. The minimum Gasteiger partial charge on any atom is -0.493 e. The molecular formula is C21H19N5O4S.